The van der Waals surface area contributed by atoms with Gasteiger partial charge in [0, 0.05) is 27.8 Å². The number of hydrogen-bond acceptors (Lipinski definition) is 3. The highest BCUT2D eigenvalue weighted by Crippen LogP contribution is 2.40. The summed E-state index contributed by atoms with van der Waals surface area (Å²) in [6.07, 6.45) is 0.437. The van der Waals surface area contributed by atoms with Gasteiger partial charge < -0.3 is 5.73 Å². The van der Waals surface area contributed by atoms with Gasteiger partial charge in [-0.2, -0.15) is 0 Å². The van der Waals surface area contributed by atoms with Crippen molar-refractivity contribution in [2.75, 3.05) is 5.73 Å². The third kappa shape index (κ3) is 4.52. The van der Waals surface area contributed by atoms with Crippen LogP contribution in [0.3, 0.4) is 0 Å². The number of hydrogen-bond donors (Lipinski definition) is 1. The minimum atomic E-state index is 0.0275. The van der Waals surface area contributed by atoms with E-state index in [0.717, 1.165) is 27.3 Å². The minimum absolute atomic E-state index is 0.0275. The van der Waals surface area contributed by atoms with E-state index in [1.165, 1.54) is 0 Å². The van der Waals surface area contributed by atoms with Crippen molar-refractivity contribution in [1.82, 2.24) is 0 Å². The van der Waals surface area contributed by atoms with E-state index in [9.17, 15) is 4.79 Å². The van der Waals surface area contributed by atoms with Crippen molar-refractivity contribution >= 4 is 23.2 Å². The quantitative estimate of drug-likeness (QED) is 0.354. The number of benzene rings is 3. The topological polar surface area (TPSA) is 43.1 Å². The van der Waals surface area contributed by atoms with E-state index in [2.05, 4.69) is 12.1 Å². The van der Waals surface area contributed by atoms with Crippen LogP contribution in [-0.4, -0.2) is 5.78 Å². The highest BCUT2D eigenvalue weighted by atomic mass is 32.2. The molecule has 126 valence electrons. The molecule has 0 aliphatic carbocycles. The normalized spacial score (nSPS) is 11.9. The van der Waals surface area contributed by atoms with E-state index >= 15 is 0 Å². The first-order valence-corrected chi connectivity index (χ1v) is 9.17. The Morgan fingerprint density at radius 2 is 1.56 bits per heavy atom. The largest absolute Gasteiger partial charge is 0.398 e. The molecule has 3 aromatic rings. The van der Waals surface area contributed by atoms with Crippen molar-refractivity contribution in [1.29, 1.82) is 0 Å². The van der Waals surface area contributed by atoms with Gasteiger partial charge in [-0.1, -0.05) is 72.3 Å². The fourth-order valence-corrected chi connectivity index (χ4v) is 3.86. The third-order valence-corrected chi connectivity index (χ3v) is 5.45. The van der Waals surface area contributed by atoms with Crippen molar-refractivity contribution in [3.05, 3.63) is 95.6 Å². The maximum Gasteiger partial charge on any atom is 0.164 e. The summed E-state index contributed by atoms with van der Waals surface area (Å²) >= 11 is 1.65. The third-order valence-electron chi connectivity index (χ3n) is 4.10. The lowest BCUT2D eigenvalue weighted by atomic mass is 10.0. The first-order valence-electron chi connectivity index (χ1n) is 8.29. The lowest BCUT2D eigenvalue weighted by Gasteiger charge is -2.17. The summed E-state index contributed by atoms with van der Waals surface area (Å²) in [5.41, 5.74) is 9.89. The molecule has 0 aromatic heterocycles. The van der Waals surface area contributed by atoms with Gasteiger partial charge in [0.2, 0.25) is 0 Å². The summed E-state index contributed by atoms with van der Waals surface area (Å²) < 4.78 is 0. The summed E-state index contributed by atoms with van der Waals surface area (Å²) in [5, 5.41) is 0.0275. The van der Waals surface area contributed by atoms with Crippen LogP contribution < -0.4 is 5.73 Å². The Hall–Kier alpha value is -2.52. The number of rotatable bonds is 6. The van der Waals surface area contributed by atoms with Crippen LogP contribution in [0.2, 0.25) is 0 Å². The molecule has 0 heterocycles. The van der Waals surface area contributed by atoms with Crippen molar-refractivity contribution in [3.63, 3.8) is 0 Å². The molecule has 2 nitrogen and oxygen atoms in total. The summed E-state index contributed by atoms with van der Waals surface area (Å²) in [4.78, 5) is 13.8. The molecule has 3 heteroatoms. The second-order valence-electron chi connectivity index (χ2n) is 6.05. The van der Waals surface area contributed by atoms with Gasteiger partial charge in [-0.3, -0.25) is 4.79 Å². The number of Topliss-reactive ketones (excluding diaryl/α,β-unsaturated/α-hetero) is 1. The first-order chi connectivity index (χ1) is 12.1. The number of para-hydroxylation sites is 1. The number of aryl methyl sites for hydroxylation is 1. The Kier molecular flexibility index (Phi) is 5.56. The van der Waals surface area contributed by atoms with Crippen LogP contribution in [0.4, 0.5) is 5.69 Å². The molecule has 25 heavy (non-hydrogen) atoms. The zero-order valence-electron chi connectivity index (χ0n) is 14.2. The molecule has 0 radical (unpaired) electrons. The van der Waals surface area contributed by atoms with Gasteiger partial charge in [-0.25, -0.2) is 0 Å². The molecule has 0 bridgehead atoms. The van der Waals surface area contributed by atoms with Crippen LogP contribution in [0.25, 0.3) is 0 Å². The summed E-state index contributed by atoms with van der Waals surface area (Å²) in [6, 6.07) is 25.7. The van der Waals surface area contributed by atoms with Gasteiger partial charge in [0.15, 0.2) is 5.78 Å². The van der Waals surface area contributed by atoms with E-state index < -0.39 is 0 Å². The van der Waals surface area contributed by atoms with Crippen LogP contribution in [0.15, 0.2) is 83.8 Å². The summed E-state index contributed by atoms with van der Waals surface area (Å²) in [6.45, 7) is 2.02. The van der Waals surface area contributed by atoms with Gasteiger partial charge in [-0.15, -0.1) is 11.8 Å². The average molecular weight is 347 g/mol. The average Bonchev–Trinajstić information content (AvgIpc) is 2.64. The molecule has 3 aromatic carbocycles. The molecule has 0 saturated heterocycles. The second kappa shape index (κ2) is 8.04. The highest BCUT2D eigenvalue weighted by molar-refractivity contribution is 7.99. The SMILES string of the molecule is Cc1ccc(C(=O)C[C@@H](Sc2ccccc2N)c2ccccc2)cc1. The molecule has 3 rings (SSSR count). The Balaban J connectivity index is 1.85. The van der Waals surface area contributed by atoms with Crippen LogP contribution in [0.5, 0.6) is 0 Å². The second-order valence-corrected chi connectivity index (χ2v) is 7.29. The Morgan fingerprint density at radius 1 is 0.920 bits per heavy atom. The van der Waals surface area contributed by atoms with Gasteiger partial charge >= 0.3 is 0 Å². The summed E-state index contributed by atoms with van der Waals surface area (Å²) in [7, 11) is 0. The van der Waals surface area contributed by atoms with E-state index in [1.54, 1.807) is 11.8 Å². The Labute approximate surface area is 153 Å². The number of thioether (sulfide) groups is 1. The molecular formula is C22H21NOS. The highest BCUT2D eigenvalue weighted by Gasteiger charge is 2.19. The predicted molar refractivity (Wildman–Crippen MR) is 106 cm³/mol. The molecule has 0 amide bonds. The van der Waals surface area contributed by atoms with Gasteiger partial charge in [0.25, 0.3) is 0 Å². The predicted octanol–water partition coefficient (Wildman–Crippen LogP) is 5.68. The van der Waals surface area contributed by atoms with Crippen molar-refractivity contribution in [2.45, 2.75) is 23.5 Å². The zero-order chi connectivity index (χ0) is 17.6. The van der Waals surface area contributed by atoms with E-state index in [-0.39, 0.29) is 11.0 Å². The van der Waals surface area contributed by atoms with Crippen molar-refractivity contribution in [2.24, 2.45) is 0 Å². The van der Waals surface area contributed by atoms with Crippen LogP contribution in [0.1, 0.15) is 33.2 Å². The fourth-order valence-electron chi connectivity index (χ4n) is 2.66. The first kappa shape index (κ1) is 17.3. The molecule has 0 fully saturated rings. The van der Waals surface area contributed by atoms with Crippen LogP contribution in [-0.2, 0) is 0 Å². The maximum absolute atomic E-state index is 12.8. The molecule has 0 saturated carbocycles. The molecule has 2 N–H and O–H groups in total. The monoisotopic (exact) mass is 347 g/mol. The van der Waals surface area contributed by atoms with Gasteiger partial charge in [0.05, 0.1) is 0 Å². The number of ketones is 1. The van der Waals surface area contributed by atoms with Crippen LogP contribution in [0, 0.1) is 6.92 Å². The minimum Gasteiger partial charge on any atom is -0.398 e. The molecule has 0 unspecified atom stereocenters. The fraction of sp³-hybridized carbons (Fsp3) is 0.136. The van der Waals surface area contributed by atoms with E-state index in [4.69, 9.17) is 5.73 Å². The van der Waals surface area contributed by atoms with Crippen molar-refractivity contribution < 1.29 is 4.79 Å². The Morgan fingerprint density at radius 3 is 2.24 bits per heavy atom. The lowest BCUT2D eigenvalue weighted by molar-refractivity contribution is 0.0982. The number of nitrogen functional groups attached to an aromatic ring is 1. The molecule has 0 aliphatic heterocycles. The van der Waals surface area contributed by atoms with Gasteiger partial charge in [-0.05, 0) is 24.6 Å². The number of anilines is 1. The number of carbonyl (C=O) groups is 1. The van der Waals surface area contributed by atoms with Gasteiger partial charge in [0.1, 0.15) is 0 Å². The standard InChI is InChI=1S/C22H21NOS/c1-16-11-13-17(14-12-16)20(24)15-22(18-7-3-2-4-8-18)25-21-10-6-5-9-19(21)23/h2-14,22H,15,23H2,1H3/t22-/m1/s1. The lowest BCUT2D eigenvalue weighted by Crippen LogP contribution is -2.06. The molecule has 0 aliphatic rings. The van der Waals surface area contributed by atoms with E-state index in [0.29, 0.717) is 6.42 Å². The van der Waals surface area contributed by atoms with E-state index in [1.807, 2.05) is 73.7 Å². The smallest absolute Gasteiger partial charge is 0.164 e. The van der Waals surface area contributed by atoms with Crippen molar-refractivity contribution in [3.8, 4) is 0 Å². The molecule has 0 spiro atoms. The molecular weight excluding hydrogens is 326 g/mol. The van der Waals surface area contributed by atoms with Crippen LogP contribution >= 0.6 is 11.8 Å². The number of nitrogens with two attached hydrogens (primary N) is 1. The maximum atomic E-state index is 12.8. The zero-order valence-corrected chi connectivity index (χ0v) is 15.0. The Bertz CT molecular complexity index is 843. The summed E-state index contributed by atoms with van der Waals surface area (Å²) in [5.74, 6) is 0.149. The molecule has 1 atom stereocenters. The number of carbonyl (C=O) groups excluding carboxylic acids is 1.